The molecule has 0 spiro atoms. The molecule has 0 aliphatic rings. The smallest absolute Gasteiger partial charge is 0.0502 e. The molecule has 0 amide bonds. The average molecular weight is 380 g/mol. The van der Waals surface area contributed by atoms with E-state index in [1.165, 1.54) is 0 Å². The molecule has 0 aromatic heterocycles. The molecule has 2 rings (SSSR count). The summed E-state index contributed by atoms with van der Waals surface area (Å²) in [6.07, 6.45) is 0. The monoisotopic (exact) mass is 377 g/mol. The van der Waals surface area contributed by atoms with Crippen LogP contribution in [0.1, 0.15) is 11.1 Å². The minimum atomic E-state index is 0.605. The van der Waals surface area contributed by atoms with Gasteiger partial charge < -0.3 is 5.32 Å². The molecule has 1 nitrogen and oxygen atoms in total. The average Bonchev–Trinajstić information content (AvgIpc) is 2.34. The molecule has 0 fully saturated rings. The molecule has 0 atom stereocenters. The van der Waals surface area contributed by atoms with Crippen molar-refractivity contribution in [1.82, 2.24) is 0 Å². The highest BCUT2D eigenvalue weighted by atomic mass is 79.9. The van der Waals surface area contributed by atoms with Gasteiger partial charge in [0.05, 0.1) is 5.69 Å². The number of aryl methyl sites for hydroxylation is 1. The molecule has 5 heteroatoms. The van der Waals surface area contributed by atoms with E-state index in [2.05, 4.69) is 21.2 Å². The van der Waals surface area contributed by atoms with Crippen molar-refractivity contribution in [2.24, 2.45) is 0 Å². The molecule has 0 heterocycles. The zero-order valence-electron chi connectivity index (χ0n) is 10.1. The van der Waals surface area contributed by atoms with Crippen LogP contribution in [0.15, 0.2) is 34.8 Å². The summed E-state index contributed by atoms with van der Waals surface area (Å²) in [7, 11) is 0. The lowest BCUT2D eigenvalue weighted by Gasteiger charge is -2.11. The summed E-state index contributed by atoms with van der Waals surface area (Å²) in [5.74, 6) is 0. The Labute approximate surface area is 136 Å². The third-order valence-electron chi connectivity index (χ3n) is 2.73. The van der Waals surface area contributed by atoms with E-state index in [-0.39, 0.29) is 0 Å². The molecule has 19 heavy (non-hydrogen) atoms. The summed E-state index contributed by atoms with van der Waals surface area (Å²) in [4.78, 5) is 0. The number of rotatable bonds is 3. The molecule has 0 saturated heterocycles. The predicted octanol–water partition coefficient (Wildman–Crippen LogP) is 6.33. The maximum atomic E-state index is 6.13. The Balaban J connectivity index is 2.16. The van der Waals surface area contributed by atoms with Gasteiger partial charge in [-0.05, 0) is 58.2 Å². The lowest BCUT2D eigenvalue weighted by Crippen LogP contribution is -2.01. The Bertz CT molecular complexity index is 614. The minimum absolute atomic E-state index is 0.605. The molecule has 0 bridgehead atoms. The van der Waals surface area contributed by atoms with Crippen molar-refractivity contribution in [3.63, 3.8) is 0 Å². The van der Waals surface area contributed by atoms with Gasteiger partial charge in [-0.3, -0.25) is 0 Å². The lowest BCUT2D eigenvalue weighted by atomic mass is 10.2. The number of hydrogen-bond donors (Lipinski definition) is 1. The van der Waals surface area contributed by atoms with Crippen molar-refractivity contribution in [2.75, 3.05) is 5.32 Å². The topological polar surface area (TPSA) is 12.0 Å². The van der Waals surface area contributed by atoms with Gasteiger partial charge in [-0.2, -0.15) is 0 Å². The zero-order valence-corrected chi connectivity index (χ0v) is 14.0. The van der Waals surface area contributed by atoms with Gasteiger partial charge in [0.1, 0.15) is 0 Å². The maximum Gasteiger partial charge on any atom is 0.0502 e. The fourth-order valence-electron chi connectivity index (χ4n) is 1.64. The van der Waals surface area contributed by atoms with Crippen LogP contribution in [0, 0.1) is 6.92 Å². The Kier molecular flexibility index (Phi) is 5.02. The molecule has 0 unspecified atom stereocenters. The highest BCUT2D eigenvalue weighted by molar-refractivity contribution is 9.10. The van der Waals surface area contributed by atoms with E-state index < -0.39 is 0 Å². The summed E-state index contributed by atoms with van der Waals surface area (Å²) < 4.78 is 0.972. The highest BCUT2D eigenvalue weighted by Gasteiger charge is 2.06. The van der Waals surface area contributed by atoms with Crippen LogP contribution >= 0.6 is 50.7 Å². The number of nitrogens with one attached hydrogen (secondary N) is 1. The van der Waals surface area contributed by atoms with Crippen molar-refractivity contribution < 1.29 is 0 Å². The summed E-state index contributed by atoms with van der Waals surface area (Å²) in [5.41, 5.74) is 2.94. The van der Waals surface area contributed by atoms with E-state index in [1.807, 2.05) is 31.2 Å². The third kappa shape index (κ3) is 3.79. The second kappa shape index (κ2) is 6.36. The second-order valence-electron chi connectivity index (χ2n) is 4.17. The van der Waals surface area contributed by atoms with Crippen molar-refractivity contribution in [1.29, 1.82) is 0 Å². The maximum absolute atomic E-state index is 6.13. The Morgan fingerprint density at radius 3 is 2.47 bits per heavy atom. The highest BCUT2D eigenvalue weighted by Crippen LogP contribution is 2.30. The van der Waals surface area contributed by atoms with Gasteiger partial charge >= 0.3 is 0 Å². The van der Waals surface area contributed by atoms with Gasteiger partial charge in [-0.15, -0.1) is 0 Å². The molecule has 0 saturated carbocycles. The van der Waals surface area contributed by atoms with Gasteiger partial charge in [0, 0.05) is 26.1 Å². The van der Waals surface area contributed by atoms with Crippen LogP contribution < -0.4 is 5.32 Å². The van der Waals surface area contributed by atoms with Crippen LogP contribution in [0.2, 0.25) is 15.1 Å². The fourth-order valence-corrected chi connectivity index (χ4v) is 2.87. The van der Waals surface area contributed by atoms with Crippen LogP contribution in [0.25, 0.3) is 0 Å². The molecular weight excluding hydrogens is 368 g/mol. The van der Waals surface area contributed by atoms with E-state index in [1.54, 1.807) is 6.07 Å². The van der Waals surface area contributed by atoms with E-state index in [0.29, 0.717) is 16.6 Å². The van der Waals surface area contributed by atoms with Crippen LogP contribution in [-0.2, 0) is 6.54 Å². The first kappa shape index (κ1) is 15.0. The summed E-state index contributed by atoms with van der Waals surface area (Å²) in [5, 5.41) is 5.31. The van der Waals surface area contributed by atoms with Gasteiger partial charge in [0.15, 0.2) is 0 Å². The SMILES string of the molecule is Cc1cc(Br)c(NCc2ccc(Cl)cc2Cl)cc1Cl. The predicted molar refractivity (Wildman–Crippen MR) is 87.7 cm³/mol. The van der Waals surface area contributed by atoms with Crippen LogP contribution in [0.5, 0.6) is 0 Å². The first-order valence-electron chi connectivity index (χ1n) is 5.61. The quantitative estimate of drug-likeness (QED) is 0.657. The fraction of sp³-hybridized carbons (Fsp3) is 0.143. The molecular formula is C14H11BrCl3N. The Hall–Kier alpha value is -0.410. The van der Waals surface area contributed by atoms with Crippen molar-refractivity contribution >= 4 is 56.4 Å². The van der Waals surface area contributed by atoms with Gasteiger partial charge in [-0.25, -0.2) is 0 Å². The molecule has 1 N–H and O–H groups in total. The van der Waals surface area contributed by atoms with E-state index in [9.17, 15) is 0 Å². The van der Waals surface area contributed by atoms with Gasteiger partial charge in [-0.1, -0.05) is 40.9 Å². The Morgan fingerprint density at radius 2 is 1.79 bits per heavy atom. The first-order valence-corrected chi connectivity index (χ1v) is 7.53. The van der Waals surface area contributed by atoms with Gasteiger partial charge in [0.25, 0.3) is 0 Å². The second-order valence-corrected chi connectivity index (χ2v) is 6.28. The molecule has 0 aliphatic heterocycles. The van der Waals surface area contributed by atoms with Gasteiger partial charge in [0.2, 0.25) is 0 Å². The molecule has 2 aromatic rings. The number of hydrogen-bond acceptors (Lipinski definition) is 1. The number of anilines is 1. The number of halogens is 4. The number of benzene rings is 2. The zero-order chi connectivity index (χ0) is 14.0. The van der Waals surface area contributed by atoms with E-state index >= 15 is 0 Å². The van der Waals surface area contributed by atoms with E-state index in [4.69, 9.17) is 34.8 Å². The molecule has 0 radical (unpaired) electrons. The largest absolute Gasteiger partial charge is 0.380 e. The van der Waals surface area contributed by atoms with Crippen molar-refractivity contribution in [2.45, 2.75) is 13.5 Å². The summed E-state index contributed by atoms with van der Waals surface area (Å²) in [6, 6.07) is 9.33. The van der Waals surface area contributed by atoms with Crippen LogP contribution in [0.4, 0.5) is 5.69 Å². The minimum Gasteiger partial charge on any atom is -0.380 e. The normalized spacial score (nSPS) is 10.6. The van der Waals surface area contributed by atoms with Crippen LogP contribution in [0.3, 0.4) is 0 Å². The molecule has 100 valence electrons. The molecule has 0 aliphatic carbocycles. The van der Waals surface area contributed by atoms with E-state index in [0.717, 1.165) is 26.3 Å². The van der Waals surface area contributed by atoms with Crippen molar-refractivity contribution in [3.8, 4) is 0 Å². The van der Waals surface area contributed by atoms with Crippen LogP contribution in [-0.4, -0.2) is 0 Å². The lowest BCUT2D eigenvalue weighted by molar-refractivity contribution is 1.14. The Morgan fingerprint density at radius 1 is 1.05 bits per heavy atom. The van der Waals surface area contributed by atoms with Crippen molar-refractivity contribution in [3.05, 3.63) is 61.0 Å². The first-order chi connectivity index (χ1) is 8.97. The molecule has 2 aromatic carbocycles. The third-order valence-corrected chi connectivity index (χ3v) is 4.38. The standard InChI is InChI=1S/C14H11BrCl3N/c1-8-4-11(15)14(6-12(8)17)19-7-9-2-3-10(16)5-13(9)18/h2-6,19H,7H2,1H3. The summed E-state index contributed by atoms with van der Waals surface area (Å²) >= 11 is 21.6. The summed E-state index contributed by atoms with van der Waals surface area (Å²) in [6.45, 7) is 2.57.